The van der Waals surface area contributed by atoms with Gasteiger partial charge in [0.05, 0.1) is 5.97 Å². The number of carbonyl (C=O) groups excluding carboxylic acids is 1. The van der Waals surface area contributed by atoms with Crippen molar-refractivity contribution in [2.75, 3.05) is 0 Å². The van der Waals surface area contributed by atoms with E-state index < -0.39 is 23.2 Å². The molecule has 0 amide bonds. The van der Waals surface area contributed by atoms with Gasteiger partial charge in [-0.2, -0.15) is 0 Å². The molecular weight excluding hydrogens is 166 g/mol. The molecule has 0 aromatic heterocycles. The third-order valence-electron chi connectivity index (χ3n) is 1.54. The summed E-state index contributed by atoms with van der Waals surface area (Å²) in [5.41, 5.74) is -0.925. The molecule has 0 N–H and O–H groups in total. The number of carbonyl (C=O) groups is 1. The Morgan fingerprint density at radius 3 is 2.50 bits per heavy atom. The fourth-order valence-electron chi connectivity index (χ4n) is 0.819. The third kappa shape index (κ3) is 1.28. The average molecular weight is 171 g/mol. The molecule has 64 valence electrons. The van der Waals surface area contributed by atoms with Crippen LogP contribution in [-0.4, -0.2) is 5.97 Å². The number of benzene rings is 1. The largest absolute Gasteiger partial charge is 0.545 e. The topological polar surface area (TPSA) is 40.1 Å². The van der Waals surface area contributed by atoms with Crippen molar-refractivity contribution >= 4 is 5.97 Å². The number of hydrogen-bond donors (Lipinski definition) is 0. The molecule has 0 aliphatic rings. The van der Waals surface area contributed by atoms with Crippen molar-refractivity contribution in [3.8, 4) is 0 Å². The van der Waals surface area contributed by atoms with Gasteiger partial charge in [0.15, 0.2) is 0 Å². The number of carboxylic acids is 1. The normalized spacial score (nSPS) is 9.92. The molecular formula is C8H5F2O2-. The lowest BCUT2D eigenvalue weighted by Gasteiger charge is -2.06. The minimum absolute atomic E-state index is 0.309. The zero-order valence-electron chi connectivity index (χ0n) is 6.23. The van der Waals surface area contributed by atoms with Gasteiger partial charge in [-0.05, 0) is 19.1 Å². The summed E-state index contributed by atoms with van der Waals surface area (Å²) in [5.74, 6) is -3.48. The highest BCUT2D eigenvalue weighted by atomic mass is 19.1. The van der Waals surface area contributed by atoms with Crippen LogP contribution >= 0.6 is 0 Å². The van der Waals surface area contributed by atoms with Crippen LogP contribution in [0.5, 0.6) is 0 Å². The Labute approximate surface area is 67.4 Å². The molecule has 0 heterocycles. The Bertz CT molecular complexity index is 334. The molecule has 0 atom stereocenters. The molecule has 0 saturated carbocycles. The predicted molar refractivity (Wildman–Crippen MR) is 35.4 cm³/mol. The van der Waals surface area contributed by atoms with Crippen molar-refractivity contribution in [1.29, 1.82) is 0 Å². The molecule has 1 aromatic rings. The van der Waals surface area contributed by atoms with E-state index in [-0.39, 0.29) is 5.56 Å². The van der Waals surface area contributed by atoms with Crippen LogP contribution in [-0.2, 0) is 0 Å². The van der Waals surface area contributed by atoms with Crippen LogP contribution in [0.1, 0.15) is 15.9 Å². The zero-order chi connectivity index (χ0) is 9.30. The summed E-state index contributed by atoms with van der Waals surface area (Å²) < 4.78 is 25.4. The van der Waals surface area contributed by atoms with Crippen molar-refractivity contribution in [1.82, 2.24) is 0 Å². The van der Waals surface area contributed by atoms with E-state index in [1.165, 1.54) is 0 Å². The molecule has 0 saturated heterocycles. The molecule has 0 unspecified atom stereocenters. The van der Waals surface area contributed by atoms with E-state index >= 15 is 0 Å². The average Bonchev–Trinajstić information content (AvgIpc) is 2.00. The number of hydrogen-bond acceptors (Lipinski definition) is 2. The second kappa shape index (κ2) is 2.89. The first kappa shape index (κ1) is 8.64. The molecule has 1 rings (SSSR count). The molecule has 12 heavy (non-hydrogen) atoms. The molecule has 0 fully saturated rings. The fraction of sp³-hybridized carbons (Fsp3) is 0.125. The molecule has 0 radical (unpaired) electrons. The van der Waals surface area contributed by atoms with Crippen LogP contribution in [0.3, 0.4) is 0 Å². The van der Waals surface area contributed by atoms with Gasteiger partial charge < -0.3 is 9.90 Å². The Hall–Kier alpha value is -1.45. The number of halogens is 2. The highest BCUT2D eigenvalue weighted by Gasteiger charge is 2.09. The number of aromatic carboxylic acids is 1. The second-order valence-corrected chi connectivity index (χ2v) is 2.32. The Balaban J connectivity index is 3.36. The Morgan fingerprint density at radius 2 is 2.00 bits per heavy atom. The summed E-state index contributed by atoms with van der Waals surface area (Å²) in [7, 11) is 0. The van der Waals surface area contributed by atoms with Crippen molar-refractivity contribution in [3.05, 3.63) is 34.9 Å². The van der Waals surface area contributed by atoms with E-state index in [0.29, 0.717) is 0 Å². The van der Waals surface area contributed by atoms with Gasteiger partial charge in [0, 0.05) is 11.1 Å². The van der Waals surface area contributed by atoms with Crippen molar-refractivity contribution in [2.24, 2.45) is 0 Å². The summed E-state index contributed by atoms with van der Waals surface area (Å²) in [6.45, 7) is 1.16. The Morgan fingerprint density at radius 1 is 1.42 bits per heavy atom. The summed E-state index contributed by atoms with van der Waals surface area (Å²) in [5, 5.41) is 10.2. The summed E-state index contributed by atoms with van der Waals surface area (Å²) in [4.78, 5) is 10.2. The van der Waals surface area contributed by atoms with Crippen molar-refractivity contribution in [2.45, 2.75) is 6.92 Å². The van der Waals surface area contributed by atoms with Gasteiger partial charge in [0.25, 0.3) is 0 Å². The molecule has 2 nitrogen and oxygen atoms in total. The predicted octanol–water partition coefficient (Wildman–Crippen LogP) is 0.637. The first-order valence-corrected chi connectivity index (χ1v) is 3.20. The van der Waals surface area contributed by atoms with Gasteiger partial charge in [0.1, 0.15) is 11.6 Å². The van der Waals surface area contributed by atoms with Crippen LogP contribution in [0.25, 0.3) is 0 Å². The summed E-state index contributed by atoms with van der Waals surface area (Å²) in [6, 6.07) is 1.73. The zero-order valence-corrected chi connectivity index (χ0v) is 6.23. The second-order valence-electron chi connectivity index (χ2n) is 2.32. The maximum absolute atomic E-state index is 12.9. The minimum Gasteiger partial charge on any atom is -0.545 e. The van der Waals surface area contributed by atoms with E-state index in [1.54, 1.807) is 0 Å². The van der Waals surface area contributed by atoms with E-state index in [0.717, 1.165) is 19.1 Å². The molecule has 0 spiro atoms. The van der Waals surface area contributed by atoms with Crippen LogP contribution in [0.4, 0.5) is 8.78 Å². The first-order chi connectivity index (χ1) is 5.54. The lowest BCUT2D eigenvalue weighted by Crippen LogP contribution is -2.24. The minimum atomic E-state index is -1.64. The van der Waals surface area contributed by atoms with Gasteiger partial charge in [-0.15, -0.1) is 0 Å². The van der Waals surface area contributed by atoms with E-state index in [4.69, 9.17) is 0 Å². The van der Waals surface area contributed by atoms with E-state index in [1.807, 2.05) is 0 Å². The van der Waals surface area contributed by atoms with Gasteiger partial charge >= 0.3 is 0 Å². The third-order valence-corrected chi connectivity index (χ3v) is 1.54. The van der Waals surface area contributed by atoms with Gasteiger partial charge in [-0.1, -0.05) is 0 Å². The monoisotopic (exact) mass is 171 g/mol. The highest BCUT2D eigenvalue weighted by Crippen LogP contribution is 2.14. The SMILES string of the molecule is Cc1c(F)ccc(C(=O)[O-])c1F. The van der Waals surface area contributed by atoms with Crippen LogP contribution < -0.4 is 5.11 Å². The first-order valence-electron chi connectivity index (χ1n) is 3.20. The molecule has 4 heteroatoms. The molecule has 0 aliphatic heterocycles. The maximum Gasteiger partial charge on any atom is 0.138 e. The highest BCUT2D eigenvalue weighted by molar-refractivity contribution is 5.86. The quantitative estimate of drug-likeness (QED) is 0.622. The summed E-state index contributed by atoms with van der Waals surface area (Å²) in [6.07, 6.45) is 0. The Kier molecular flexibility index (Phi) is 2.08. The maximum atomic E-state index is 12.9. The van der Waals surface area contributed by atoms with Gasteiger partial charge in [-0.3, -0.25) is 0 Å². The van der Waals surface area contributed by atoms with Crippen LogP contribution in [0.15, 0.2) is 12.1 Å². The van der Waals surface area contributed by atoms with E-state index in [9.17, 15) is 18.7 Å². The van der Waals surface area contributed by atoms with E-state index in [2.05, 4.69) is 0 Å². The standard InChI is InChI=1S/C8H6F2O2/c1-4-6(9)3-2-5(7(4)10)8(11)12/h2-3H,1H3,(H,11,12)/p-1. The fourth-order valence-corrected chi connectivity index (χ4v) is 0.819. The number of carboxylic acid groups (broad SMARTS) is 1. The molecule has 1 aromatic carbocycles. The summed E-state index contributed by atoms with van der Waals surface area (Å²) >= 11 is 0. The van der Waals surface area contributed by atoms with Crippen LogP contribution in [0.2, 0.25) is 0 Å². The van der Waals surface area contributed by atoms with Gasteiger partial charge in [0.2, 0.25) is 0 Å². The van der Waals surface area contributed by atoms with Crippen LogP contribution in [0, 0.1) is 18.6 Å². The lowest BCUT2D eigenvalue weighted by molar-refractivity contribution is -0.255. The molecule has 0 aliphatic carbocycles. The number of rotatable bonds is 1. The molecule has 0 bridgehead atoms. The smallest absolute Gasteiger partial charge is 0.138 e. The lowest BCUT2D eigenvalue weighted by atomic mass is 10.1. The van der Waals surface area contributed by atoms with Crippen molar-refractivity contribution < 1.29 is 18.7 Å². The van der Waals surface area contributed by atoms with Crippen molar-refractivity contribution in [3.63, 3.8) is 0 Å². The van der Waals surface area contributed by atoms with Gasteiger partial charge in [-0.25, -0.2) is 8.78 Å².